The van der Waals surface area contributed by atoms with E-state index in [1.54, 1.807) is 25.1 Å². The van der Waals surface area contributed by atoms with Crippen LogP contribution in [-0.4, -0.2) is 48.3 Å². The third kappa shape index (κ3) is 4.34. The molecule has 31 heavy (non-hydrogen) atoms. The second-order valence-corrected chi connectivity index (χ2v) is 7.71. The molecule has 6 nitrogen and oxygen atoms in total. The second-order valence-electron chi connectivity index (χ2n) is 7.71. The molecule has 1 amide bonds. The van der Waals surface area contributed by atoms with Crippen molar-refractivity contribution in [1.82, 2.24) is 9.79 Å². The molecule has 0 aliphatic carbocycles. The van der Waals surface area contributed by atoms with Crippen molar-refractivity contribution in [1.29, 1.82) is 0 Å². The number of hydrogen-bond acceptors (Lipinski definition) is 4. The van der Waals surface area contributed by atoms with Crippen LogP contribution in [-0.2, 0) is 9.53 Å². The maximum Gasteiger partial charge on any atom is 0.354 e. The monoisotopic (exact) mass is 421 g/mol. The van der Waals surface area contributed by atoms with Gasteiger partial charge in [-0.25, -0.2) is 9.18 Å². The molecule has 0 unspecified atom stereocenters. The summed E-state index contributed by atoms with van der Waals surface area (Å²) in [4.78, 5) is 30.4. The van der Waals surface area contributed by atoms with E-state index in [2.05, 4.69) is 15.1 Å². The first-order valence-electron chi connectivity index (χ1n) is 10.6. The molecule has 3 aromatic rings. The van der Waals surface area contributed by atoms with E-state index in [0.717, 1.165) is 36.8 Å². The molecular weight excluding hydrogens is 396 g/mol. The SMILES string of the molecule is CBN1CC[C@H](c2ccc(F)cc2)[C@H]1C(=O)Nc1ccc2[nH]c(C(=O)OCC)cc2c1. The number of anilines is 1. The molecule has 4 rings (SSSR count). The van der Waals surface area contributed by atoms with Gasteiger partial charge in [0.2, 0.25) is 13.3 Å². The number of benzene rings is 2. The molecule has 8 heteroatoms. The molecule has 2 aromatic carbocycles. The van der Waals surface area contributed by atoms with E-state index < -0.39 is 5.97 Å². The molecule has 0 saturated carbocycles. The lowest BCUT2D eigenvalue weighted by atomic mass is 9.87. The Balaban J connectivity index is 1.55. The third-order valence-corrected chi connectivity index (χ3v) is 5.86. The summed E-state index contributed by atoms with van der Waals surface area (Å²) in [6.45, 7) is 4.92. The number of esters is 1. The summed E-state index contributed by atoms with van der Waals surface area (Å²) in [6.07, 6.45) is 0.845. The number of rotatable bonds is 6. The summed E-state index contributed by atoms with van der Waals surface area (Å²) in [5, 5.41) is 3.84. The first kappa shape index (κ1) is 21.1. The maximum absolute atomic E-state index is 13.4. The third-order valence-electron chi connectivity index (χ3n) is 5.86. The van der Waals surface area contributed by atoms with Gasteiger partial charge in [0.1, 0.15) is 11.5 Å². The van der Waals surface area contributed by atoms with Crippen LogP contribution in [0, 0.1) is 5.82 Å². The van der Waals surface area contributed by atoms with Crippen molar-refractivity contribution < 1.29 is 18.7 Å². The lowest BCUT2D eigenvalue weighted by molar-refractivity contribution is -0.119. The summed E-state index contributed by atoms with van der Waals surface area (Å²) in [7, 11) is 0.759. The van der Waals surface area contributed by atoms with Crippen LogP contribution in [0.3, 0.4) is 0 Å². The number of nitrogens with one attached hydrogen (secondary N) is 2. The minimum absolute atomic E-state index is 0.00644. The fraction of sp³-hybridized carbons (Fsp3) is 0.304. The van der Waals surface area contributed by atoms with E-state index in [1.165, 1.54) is 12.1 Å². The van der Waals surface area contributed by atoms with Gasteiger partial charge in [-0.3, -0.25) is 4.79 Å². The van der Waals surface area contributed by atoms with Crippen molar-refractivity contribution in [3.8, 4) is 0 Å². The van der Waals surface area contributed by atoms with Gasteiger partial charge in [0.25, 0.3) is 0 Å². The van der Waals surface area contributed by atoms with Crippen molar-refractivity contribution in [2.45, 2.75) is 32.1 Å². The zero-order chi connectivity index (χ0) is 22.0. The van der Waals surface area contributed by atoms with Crippen LogP contribution in [0.15, 0.2) is 48.5 Å². The van der Waals surface area contributed by atoms with Crippen molar-refractivity contribution in [3.63, 3.8) is 0 Å². The van der Waals surface area contributed by atoms with E-state index in [4.69, 9.17) is 4.74 Å². The topological polar surface area (TPSA) is 74.4 Å². The average Bonchev–Trinajstić information content (AvgIpc) is 3.38. The lowest BCUT2D eigenvalue weighted by Crippen LogP contribution is -2.43. The number of aromatic amines is 1. The molecule has 2 N–H and O–H groups in total. The second kappa shape index (κ2) is 8.94. The smallest absolute Gasteiger partial charge is 0.354 e. The molecule has 1 fully saturated rings. The van der Waals surface area contributed by atoms with E-state index >= 15 is 0 Å². The number of carbonyl (C=O) groups excluding carboxylic acids is 2. The number of ether oxygens (including phenoxy) is 1. The number of nitrogens with zero attached hydrogens (tertiary/aromatic N) is 1. The zero-order valence-corrected chi connectivity index (χ0v) is 17.7. The number of aromatic nitrogens is 1. The fourth-order valence-electron chi connectivity index (χ4n) is 4.36. The quantitative estimate of drug-likeness (QED) is 0.471. The maximum atomic E-state index is 13.4. The molecule has 1 aliphatic rings. The van der Waals surface area contributed by atoms with Crippen LogP contribution in [0.2, 0.25) is 6.82 Å². The van der Waals surface area contributed by atoms with Crippen molar-refractivity contribution in [3.05, 3.63) is 65.6 Å². The van der Waals surface area contributed by atoms with Crippen LogP contribution in [0.4, 0.5) is 10.1 Å². The molecule has 160 valence electrons. The Labute approximate surface area is 181 Å². The lowest BCUT2D eigenvalue weighted by Gasteiger charge is -2.26. The van der Waals surface area contributed by atoms with E-state index in [-0.39, 0.29) is 23.7 Å². The molecule has 1 aliphatic heterocycles. The predicted molar refractivity (Wildman–Crippen MR) is 120 cm³/mol. The highest BCUT2D eigenvalue weighted by Crippen LogP contribution is 2.34. The van der Waals surface area contributed by atoms with E-state index in [0.29, 0.717) is 18.0 Å². The predicted octanol–water partition coefficient (Wildman–Crippen LogP) is 3.68. The summed E-state index contributed by atoms with van der Waals surface area (Å²) in [5.74, 6) is -0.769. The molecule has 1 aromatic heterocycles. The molecule has 2 atom stereocenters. The number of amides is 1. The molecule has 1 saturated heterocycles. The molecule has 0 bridgehead atoms. The van der Waals surface area contributed by atoms with Gasteiger partial charge in [0.05, 0.1) is 12.6 Å². The Bertz CT molecular complexity index is 1100. The minimum Gasteiger partial charge on any atom is -0.461 e. The summed E-state index contributed by atoms with van der Waals surface area (Å²) in [6, 6.07) is 13.3. The number of hydrogen-bond donors (Lipinski definition) is 2. The highest BCUT2D eigenvalue weighted by Gasteiger charge is 2.39. The average molecular weight is 421 g/mol. The summed E-state index contributed by atoms with van der Waals surface area (Å²) >= 11 is 0. The van der Waals surface area contributed by atoms with Crippen LogP contribution >= 0.6 is 0 Å². The minimum atomic E-state index is -0.407. The molecular formula is C23H25BFN3O3. The van der Waals surface area contributed by atoms with E-state index in [1.807, 2.05) is 25.0 Å². The van der Waals surface area contributed by atoms with Gasteiger partial charge >= 0.3 is 5.97 Å². The Morgan fingerprint density at radius 1 is 1.23 bits per heavy atom. The van der Waals surface area contributed by atoms with Gasteiger partial charge in [0.15, 0.2) is 0 Å². The molecule has 2 heterocycles. The van der Waals surface area contributed by atoms with Gasteiger partial charge in [0, 0.05) is 22.5 Å². The Morgan fingerprint density at radius 2 is 2.00 bits per heavy atom. The number of H-pyrrole nitrogens is 1. The van der Waals surface area contributed by atoms with Crippen molar-refractivity contribution in [2.75, 3.05) is 18.5 Å². The van der Waals surface area contributed by atoms with Gasteiger partial charge in [-0.15, -0.1) is 0 Å². The zero-order valence-electron chi connectivity index (χ0n) is 17.7. The van der Waals surface area contributed by atoms with Gasteiger partial charge in [-0.2, -0.15) is 0 Å². The number of halogens is 1. The normalized spacial score (nSPS) is 18.8. The first-order valence-corrected chi connectivity index (χ1v) is 10.6. The largest absolute Gasteiger partial charge is 0.461 e. The number of carbonyl (C=O) groups is 2. The van der Waals surface area contributed by atoms with Crippen LogP contribution in [0.5, 0.6) is 0 Å². The first-order chi connectivity index (χ1) is 15.0. The Morgan fingerprint density at radius 3 is 2.71 bits per heavy atom. The highest BCUT2D eigenvalue weighted by atomic mass is 19.1. The number of fused-ring (bicyclic) bond motifs is 1. The molecule has 0 radical (unpaired) electrons. The van der Waals surface area contributed by atoms with Gasteiger partial charge < -0.3 is 19.8 Å². The highest BCUT2D eigenvalue weighted by molar-refractivity contribution is 6.31. The Hall–Kier alpha value is -3.13. The van der Waals surface area contributed by atoms with E-state index in [9.17, 15) is 14.0 Å². The van der Waals surface area contributed by atoms with Crippen LogP contribution < -0.4 is 5.32 Å². The Kier molecular flexibility index (Phi) is 6.09. The fourth-order valence-corrected chi connectivity index (χ4v) is 4.36. The summed E-state index contributed by atoms with van der Waals surface area (Å²) in [5.41, 5.74) is 2.80. The summed E-state index contributed by atoms with van der Waals surface area (Å²) < 4.78 is 18.4. The molecule has 0 spiro atoms. The standard InChI is InChI=1S/C23H25BFN3O3/c1-3-31-23(30)20-13-15-12-17(8-9-19(15)27-20)26-22(29)21-18(10-11-28(21)24-2)14-4-6-16(25)7-5-14/h4-9,12-13,18,21,24,27H,3,10-11H2,1-2H3,(H,26,29)/t18-,21+/m1/s1. The van der Waals surface area contributed by atoms with Crippen LogP contribution in [0.1, 0.15) is 35.3 Å². The van der Waals surface area contributed by atoms with Gasteiger partial charge in [-0.05, 0) is 61.9 Å². The van der Waals surface area contributed by atoms with Gasteiger partial charge in [-0.1, -0.05) is 19.0 Å². The van der Waals surface area contributed by atoms with Crippen molar-refractivity contribution in [2.24, 2.45) is 0 Å². The van der Waals surface area contributed by atoms with Crippen LogP contribution in [0.25, 0.3) is 10.9 Å². The van der Waals surface area contributed by atoms with Crippen molar-refractivity contribution >= 4 is 35.9 Å².